The topological polar surface area (TPSA) is 223 Å². The molecule has 4 rings (SSSR count). The summed E-state index contributed by atoms with van der Waals surface area (Å²) in [6.45, 7) is -1.05. The molecule has 3 aliphatic heterocycles. The maximum absolute atomic E-state index is 10.4. The first kappa shape index (κ1) is 26.4. The third kappa shape index (κ3) is 5.39. The number of rotatable bonds is 8. The highest BCUT2D eigenvalue weighted by Gasteiger charge is 2.48. The number of nitrogens with two attached hydrogens (primary N) is 1. The first-order chi connectivity index (χ1) is 16.7. The molecular formula is C21H31NO13. The normalized spacial score (nSPS) is 40.0. The predicted molar refractivity (Wildman–Crippen MR) is 112 cm³/mol. The van der Waals surface area contributed by atoms with Gasteiger partial charge in [-0.25, -0.2) is 0 Å². The van der Waals surface area contributed by atoms with Gasteiger partial charge in [-0.3, -0.25) is 0 Å². The maximum atomic E-state index is 10.4. The van der Waals surface area contributed by atoms with Gasteiger partial charge in [-0.15, -0.1) is 0 Å². The van der Waals surface area contributed by atoms with Crippen LogP contribution < -0.4 is 15.2 Å². The maximum Gasteiger partial charge on any atom is 0.231 e. The number of aliphatic hydroxyl groups is 7. The molecule has 3 heterocycles. The van der Waals surface area contributed by atoms with Crippen LogP contribution in [0.25, 0.3) is 0 Å². The molecular weight excluding hydrogens is 474 g/mol. The van der Waals surface area contributed by atoms with Crippen molar-refractivity contribution in [2.75, 3.05) is 26.6 Å². The molecule has 3 aliphatic rings. The Labute approximate surface area is 199 Å². The van der Waals surface area contributed by atoms with Crippen molar-refractivity contribution in [1.29, 1.82) is 0 Å². The molecule has 0 aliphatic carbocycles. The van der Waals surface area contributed by atoms with Crippen molar-refractivity contribution in [2.45, 2.75) is 67.5 Å². The van der Waals surface area contributed by atoms with Gasteiger partial charge < -0.3 is 69.9 Å². The zero-order valence-corrected chi connectivity index (χ0v) is 18.6. The fourth-order valence-electron chi connectivity index (χ4n) is 4.11. The van der Waals surface area contributed by atoms with Crippen LogP contribution in [0.2, 0.25) is 0 Å². The fourth-order valence-corrected chi connectivity index (χ4v) is 4.11. The Morgan fingerprint density at radius 3 is 2.14 bits per heavy atom. The Bertz CT molecular complexity index is 843. The summed E-state index contributed by atoms with van der Waals surface area (Å²) in [7, 11) is 0. The van der Waals surface area contributed by atoms with E-state index in [0.717, 1.165) is 0 Å². The lowest BCUT2D eigenvalue weighted by molar-refractivity contribution is -0.335. The van der Waals surface area contributed by atoms with Crippen LogP contribution in [0.5, 0.6) is 11.5 Å². The second-order valence-electron chi connectivity index (χ2n) is 8.52. The summed E-state index contributed by atoms with van der Waals surface area (Å²) in [5.74, 6) is 1.05. The predicted octanol–water partition coefficient (Wildman–Crippen LogP) is -3.94. The molecule has 0 radical (unpaired) electrons. The van der Waals surface area contributed by atoms with Crippen LogP contribution in [0, 0.1) is 0 Å². The first-order valence-corrected chi connectivity index (χ1v) is 11.1. The second-order valence-corrected chi connectivity index (χ2v) is 8.52. The van der Waals surface area contributed by atoms with E-state index in [1.807, 2.05) is 0 Å². The lowest BCUT2D eigenvalue weighted by Crippen LogP contribution is -2.61. The Hall–Kier alpha value is -1.66. The van der Waals surface area contributed by atoms with Gasteiger partial charge in [0.1, 0.15) is 48.8 Å². The number of aliphatic hydroxyl groups excluding tert-OH is 7. The third-order valence-electron chi connectivity index (χ3n) is 6.22. The van der Waals surface area contributed by atoms with Crippen molar-refractivity contribution < 1.29 is 64.2 Å². The van der Waals surface area contributed by atoms with Gasteiger partial charge in [0.05, 0.1) is 19.3 Å². The van der Waals surface area contributed by atoms with E-state index in [2.05, 4.69) is 0 Å². The molecule has 11 atom stereocenters. The fraction of sp³-hybridized carbons (Fsp3) is 0.714. The van der Waals surface area contributed by atoms with Gasteiger partial charge >= 0.3 is 0 Å². The Kier molecular flexibility index (Phi) is 8.42. The minimum atomic E-state index is -1.67. The zero-order valence-electron chi connectivity index (χ0n) is 18.6. The summed E-state index contributed by atoms with van der Waals surface area (Å²) in [6, 6.07) is 5.04. The van der Waals surface area contributed by atoms with E-state index in [9.17, 15) is 35.7 Å². The average Bonchev–Trinajstić information content (AvgIpc) is 3.34. The number of fused-ring (bicyclic) bond motifs is 1. The van der Waals surface area contributed by atoms with E-state index in [0.29, 0.717) is 17.1 Å². The third-order valence-corrected chi connectivity index (χ3v) is 6.22. The van der Waals surface area contributed by atoms with E-state index >= 15 is 0 Å². The van der Waals surface area contributed by atoms with E-state index in [1.165, 1.54) is 0 Å². The van der Waals surface area contributed by atoms with Crippen molar-refractivity contribution in [1.82, 2.24) is 0 Å². The van der Waals surface area contributed by atoms with Gasteiger partial charge in [0, 0.05) is 6.54 Å². The summed E-state index contributed by atoms with van der Waals surface area (Å²) in [6.07, 6.45) is -15.9. The van der Waals surface area contributed by atoms with Gasteiger partial charge in [-0.05, 0) is 17.7 Å². The molecule has 14 nitrogen and oxygen atoms in total. The highest BCUT2D eigenvalue weighted by Crippen LogP contribution is 2.36. The molecule has 1 unspecified atom stereocenters. The zero-order chi connectivity index (χ0) is 25.3. The van der Waals surface area contributed by atoms with Crippen molar-refractivity contribution in [3.63, 3.8) is 0 Å². The van der Waals surface area contributed by atoms with E-state index in [4.69, 9.17) is 34.2 Å². The molecule has 14 heteroatoms. The molecule has 2 fully saturated rings. The van der Waals surface area contributed by atoms with Crippen LogP contribution in [0.3, 0.4) is 0 Å². The van der Waals surface area contributed by atoms with Crippen LogP contribution >= 0.6 is 0 Å². The van der Waals surface area contributed by atoms with Gasteiger partial charge in [0.15, 0.2) is 24.1 Å². The summed E-state index contributed by atoms with van der Waals surface area (Å²) in [5, 5.41) is 70.3. The van der Waals surface area contributed by atoms with Crippen LogP contribution in [0.15, 0.2) is 18.2 Å². The van der Waals surface area contributed by atoms with Crippen LogP contribution in [-0.4, -0.2) is 124 Å². The lowest BCUT2D eigenvalue weighted by Gasteiger charge is -2.43. The van der Waals surface area contributed by atoms with Crippen molar-refractivity contribution in [3.8, 4) is 11.5 Å². The smallest absolute Gasteiger partial charge is 0.231 e. The Morgan fingerprint density at radius 2 is 1.46 bits per heavy atom. The largest absolute Gasteiger partial charge is 0.454 e. The van der Waals surface area contributed by atoms with E-state index in [-0.39, 0.29) is 13.3 Å². The molecule has 9 N–H and O–H groups in total. The summed E-state index contributed by atoms with van der Waals surface area (Å²) in [5.41, 5.74) is 6.45. The average molecular weight is 505 g/mol. The van der Waals surface area contributed by atoms with E-state index < -0.39 is 80.7 Å². The number of benzene rings is 1. The SMILES string of the molecule is NCC(O[C@@H]1O[C@H](CO[C@@H]2O[C@H](CO)[C@@H](O)[C@H](O)[C@H]2O)[C@@H](O)[C@H](O)[C@H]1O)c1ccc2c(c1)OCO2. The molecule has 0 aromatic heterocycles. The lowest BCUT2D eigenvalue weighted by atomic mass is 9.98. The quantitative estimate of drug-likeness (QED) is 0.169. The molecule has 0 amide bonds. The summed E-state index contributed by atoms with van der Waals surface area (Å²) >= 11 is 0. The number of hydrogen-bond donors (Lipinski definition) is 8. The van der Waals surface area contributed by atoms with E-state index in [1.54, 1.807) is 18.2 Å². The first-order valence-electron chi connectivity index (χ1n) is 11.1. The molecule has 2 saturated heterocycles. The molecule has 1 aromatic rings. The van der Waals surface area contributed by atoms with Crippen LogP contribution in [0.4, 0.5) is 0 Å². The number of hydrogen-bond acceptors (Lipinski definition) is 14. The van der Waals surface area contributed by atoms with Gasteiger partial charge in [-0.1, -0.05) is 6.07 Å². The molecule has 35 heavy (non-hydrogen) atoms. The highest BCUT2D eigenvalue weighted by atomic mass is 16.7. The van der Waals surface area contributed by atoms with Gasteiger partial charge in [0.2, 0.25) is 6.79 Å². The van der Waals surface area contributed by atoms with Crippen LogP contribution in [0.1, 0.15) is 11.7 Å². The van der Waals surface area contributed by atoms with Crippen LogP contribution in [-0.2, 0) is 18.9 Å². The summed E-state index contributed by atoms with van der Waals surface area (Å²) < 4.78 is 32.8. The minimum absolute atomic E-state index is 0.0170. The van der Waals surface area contributed by atoms with Crippen molar-refractivity contribution in [2.24, 2.45) is 5.73 Å². The Morgan fingerprint density at radius 1 is 0.829 bits per heavy atom. The molecule has 1 aromatic carbocycles. The molecule has 198 valence electrons. The van der Waals surface area contributed by atoms with Crippen molar-refractivity contribution in [3.05, 3.63) is 23.8 Å². The highest BCUT2D eigenvalue weighted by molar-refractivity contribution is 5.45. The Balaban J connectivity index is 1.41. The van der Waals surface area contributed by atoms with Gasteiger partial charge in [0.25, 0.3) is 0 Å². The molecule has 0 spiro atoms. The standard InChI is InChI=1S/C21H31NO13/c22-4-11(8-1-2-9-10(3-8)32-7-31-9)33-21-19(29)17(27)15(25)13(35-21)6-30-20-18(28)16(26)14(24)12(5-23)34-20/h1-3,11-21,23-29H,4-7,22H2/t11?,12-,13-,14-,15-,16+,17+,18-,19-,20-,21-/m1/s1. The number of ether oxygens (including phenoxy) is 6. The summed E-state index contributed by atoms with van der Waals surface area (Å²) in [4.78, 5) is 0. The second kappa shape index (κ2) is 11.2. The van der Waals surface area contributed by atoms with Gasteiger partial charge in [-0.2, -0.15) is 0 Å². The molecule has 0 saturated carbocycles. The minimum Gasteiger partial charge on any atom is -0.454 e. The molecule has 0 bridgehead atoms. The monoisotopic (exact) mass is 505 g/mol. The van der Waals surface area contributed by atoms with Crippen molar-refractivity contribution >= 4 is 0 Å².